The molecule has 0 amide bonds. The Morgan fingerprint density at radius 3 is 2.89 bits per heavy atom. The van der Waals surface area contributed by atoms with Crippen molar-refractivity contribution in [1.82, 2.24) is 9.97 Å². The molecule has 0 saturated heterocycles. The number of hydrogen-bond acceptors (Lipinski definition) is 7. The third-order valence-corrected chi connectivity index (χ3v) is 2.37. The molecule has 8 nitrogen and oxygen atoms in total. The van der Waals surface area contributed by atoms with Gasteiger partial charge in [0, 0.05) is 11.8 Å². The lowest BCUT2D eigenvalue weighted by atomic mass is 10.3. The van der Waals surface area contributed by atoms with E-state index in [1.54, 1.807) is 24.3 Å². The van der Waals surface area contributed by atoms with Gasteiger partial charge in [-0.2, -0.15) is 0 Å². The number of nitro groups is 1. The molecule has 0 bridgehead atoms. The van der Waals surface area contributed by atoms with Crippen molar-refractivity contribution in [2.75, 3.05) is 18.2 Å². The first-order valence-corrected chi connectivity index (χ1v) is 5.27. The van der Waals surface area contributed by atoms with Gasteiger partial charge >= 0.3 is 5.69 Å². The smallest absolute Gasteiger partial charge is 0.353 e. The maximum absolute atomic E-state index is 10.9. The Morgan fingerprint density at radius 2 is 2.21 bits per heavy atom. The number of nitrogens with one attached hydrogen (secondary N) is 1. The van der Waals surface area contributed by atoms with Gasteiger partial charge in [0.15, 0.2) is 0 Å². The number of nitrogen functional groups attached to an aromatic ring is 1. The van der Waals surface area contributed by atoms with E-state index in [4.69, 9.17) is 10.5 Å². The van der Waals surface area contributed by atoms with Crippen LogP contribution in [-0.4, -0.2) is 22.0 Å². The number of methoxy groups -OCH3 is 1. The number of ether oxygens (including phenoxy) is 1. The third-order valence-electron chi connectivity index (χ3n) is 2.37. The van der Waals surface area contributed by atoms with Crippen LogP contribution in [0.3, 0.4) is 0 Å². The number of nitrogens with zero attached hydrogens (tertiary/aromatic N) is 3. The average molecular weight is 261 g/mol. The summed E-state index contributed by atoms with van der Waals surface area (Å²) in [5.74, 6) is 0.464. The summed E-state index contributed by atoms with van der Waals surface area (Å²) < 4.78 is 5.06. The number of aromatic nitrogens is 2. The van der Waals surface area contributed by atoms with E-state index in [-0.39, 0.29) is 17.3 Å². The van der Waals surface area contributed by atoms with Crippen molar-refractivity contribution in [3.8, 4) is 5.75 Å². The molecule has 1 aromatic heterocycles. The second kappa shape index (κ2) is 5.17. The fourth-order valence-corrected chi connectivity index (χ4v) is 1.50. The molecule has 19 heavy (non-hydrogen) atoms. The van der Waals surface area contributed by atoms with Gasteiger partial charge < -0.3 is 15.8 Å². The Labute approximate surface area is 108 Å². The van der Waals surface area contributed by atoms with E-state index in [0.29, 0.717) is 11.4 Å². The molecule has 2 aromatic rings. The highest BCUT2D eigenvalue weighted by Crippen LogP contribution is 2.29. The maximum Gasteiger partial charge on any atom is 0.353 e. The molecule has 0 aliphatic carbocycles. The van der Waals surface area contributed by atoms with Crippen LogP contribution in [0.25, 0.3) is 0 Å². The van der Waals surface area contributed by atoms with Gasteiger partial charge in [0.05, 0.1) is 12.0 Å². The summed E-state index contributed by atoms with van der Waals surface area (Å²) in [4.78, 5) is 17.7. The van der Waals surface area contributed by atoms with Gasteiger partial charge in [0.25, 0.3) is 0 Å². The van der Waals surface area contributed by atoms with Gasteiger partial charge in [-0.05, 0) is 12.1 Å². The van der Waals surface area contributed by atoms with E-state index in [9.17, 15) is 10.1 Å². The molecule has 2 rings (SSSR count). The zero-order valence-corrected chi connectivity index (χ0v) is 10.0. The van der Waals surface area contributed by atoms with Crippen molar-refractivity contribution in [3.05, 3.63) is 40.7 Å². The molecule has 1 aromatic carbocycles. The normalized spacial score (nSPS) is 9.95. The quantitative estimate of drug-likeness (QED) is 0.635. The largest absolute Gasteiger partial charge is 0.497 e. The summed E-state index contributed by atoms with van der Waals surface area (Å²) in [7, 11) is 1.53. The highest BCUT2D eigenvalue weighted by Gasteiger charge is 2.20. The summed E-state index contributed by atoms with van der Waals surface area (Å²) >= 11 is 0. The minimum atomic E-state index is -0.627. The van der Waals surface area contributed by atoms with E-state index in [0.717, 1.165) is 6.33 Å². The molecule has 98 valence electrons. The molecule has 0 aliphatic heterocycles. The zero-order valence-electron chi connectivity index (χ0n) is 10.0. The minimum absolute atomic E-state index is 0.0331. The topological polar surface area (TPSA) is 116 Å². The Morgan fingerprint density at radius 1 is 1.42 bits per heavy atom. The van der Waals surface area contributed by atoms with E-state index in [2.05, 4.69) is 15.3 Å². The van der Waals surface area contributed by atoms with E-state index < -0.39 is 4.92 Å². The number of anilines is 3. The van der Waals surface area contributed by atoms with Crippen LogP contribution in [-0.2, 0) is 0 Å². The van der Waals surface area contributed by atoms with Gasteiger partial charge in [0.1, 0.15) is 12.1 Å². The predicted molar refractivity (Wildman–Crippen MR) is 69.4 cm³/mol. The second-order valence-electron chi connectivity index (χ2n) is 3.57. The number of benzene rings is 1. The Bertz CT molecular complexity index is 617. The van der Waals surface area contributed by atoms with Crippen molar-refractivity contribution in [2.24, 2.45) is 0 Å². The molecule has 0 saturated carbocycles. The molecule has 0 unspecified atom stereocenters. The molecule has 3 N–H and O–H groups in total. The molecule has 1 heterocycles. The van der Waals surface area contributed by atoms with Crippen LogP contribution < -0.4 is 15.8 Å². The molecule has 8 heteroatoms. The summed E-state index contributed by atoms with van der Waals surface area (Å²) in [6.45, 7) is 0. The predicted octanol–water partition coefficient (Wildman–Crippen LogP) is 1.72. The van der Waals surface area contributed by atoms with E-state index in [1.165, 1.54) is 7.11 Å². The number of hydrogen-bond donors (Lipinski definition) is 2. The molecule has 0 atom stereocenters. The maximum atomic E-state index is 10.9. The standard InChI is InChI=1S/C11H11N5O3/c1-19-8-4-2-3-7(5-8)15-11-9(16(17)18)10(12)13-6-14-11/h2-6H,1H3,(H3,12,13,14,15). The van der Waals surface area contributed by atoms with Crippen LogP contribution in [0.2, 0.25) is 0 Å². The van der Waals surface area contributed by atoms with Crippen LogP contribution in [0, 0.1) is 10.1 Å². The third kappa shape index (κ3) is 2.68. The molecular weight excluding hydrogens is 250 g/mol. The van der Waals surface area contributed by atoms with Crippen LogP contribution in [0.15, 0.2) is 30.6 Å². The second-order valence-corrected chi connectivity index (χ2v) is 3.57. The first kappa shape index (κ1) is 12.6. The zero-order chi connectivity index (χ0) is 13.8. The lowest BCUT2D eigenvalue weighted by Crippen LogP contribution is -2.05. The van der Waals surface area contributed by atoms with Crippen LogP contribution in [0.1, 0.15) is 0 Å². The number of rotatable bonds is 4. The van der Waals surface area contributed by atoms with Crippen LogP contribution >= 0.6 is 0 Å². The molecule has 0 radical (unpaired) electrons. The van der Waals surface area contributed by atoms with Gasteiger partial charge in [0.2, 0.25) is 11.6 Å². The first-order valence-electron chi connectivity index (χ1n) is 5.27. The Balaban J connectivity index is 2.38. The van der Waals surface area contributed by atoms with Crippen molar-refractivity contribution in [1.29, 1.82) is 0 Å². The summed E-state index contributed by atoms with van der Waals surface area (Å²) in [5.41, 5.74) is 5.72. The SMILES string of the molecule is COc1cccc(Nc2ncnc(N)c2[N+](=O)[O-])c1. The summed E-state index contributed by atoms with van der Waals surface area (Å²) in [6.07, 6.45) is 1.16. The fourth-order valence-electron chi connectivity index (χ4n) is 1.50. The molecule has 0 spiro atoms. The van der Waals surface area contributed by atoms with Gasteiger partial charge in [-0.15, -0.1) is 0 Å². The van der Waals surface area contributed by atoms with Gasteiger partial charge in [-0.25, -0.2) is 9.97 Å². The molecule has 0 fully saturated rings. The van der Waals surface area contributed by atoms with Crippen LogP contribution in [0.5, 0.6) is 5.75 Å². The van der Waals surface area contributed by atoms with E-state index in [1.807, 2.05) is 0 Å². The van der Waals surface area contributed by atoms with Crippen molar-refractivity contribution in [3.63, 3.8) is 0 Å². The molecular formula is C11H11N5O3. The van der Waals surface area contributed by atoms with Gasteiger partial charge in [-0.1, -0.05) is 6.07 Å². The highest BCUT2D eigenvalue weighted by molar-refractivity contribution is 5.72. The molecule has 0 aliphatic rings. The minimum Gasteiger partial charge on any atom is -0.497 e. The van der Waals surface area contributed by atoms with Crippen molar-refractivity contribution < 1.29 is 9.66 Å². The van der Waals surface area contributed by atoms with Crippen molar-refractivity contribution >= 4 is 23.0 Å². The highest BCUT2D eigenvalue weighted by atomic mass is 16.6. The summed E-state index contributed by atoms with van der Waals surface area (Å²) in [6, 6.07) is 6.91. The Kier molecular flexibility index (Phi) is 3.42. The fraction of sp³-hybridized carbons (Fsp3) is 0.0909. The number of nitrogens with two attached hydrogens (primary N) is 1. The average Bonchev–Trinajstić information content (AvgIpc) is 2.38. The van der Waals surface area contributed by atoms with Crippen molar-refractivity contribution in [2.45, 2.75) is 0 Å². The lowest BCUT2D eigenvalue weighted by molar-refractivity contribution is -0.383. The Hall–Kier alpha value is -2.90. The summed E-state index contributed by atoms with van der Waals surface area (Å²) in [5, 5.41) is 13.8. The lowest BCUT2D eigenvalue weighted by Gasteiger charge is -2.08. The van der Waals surface area contributed by atoms with Crippen LogP contribution in [0.4, 0.5) is 23.0 Å². The van der Waals surface area contributed by atoms with E-state index >= 15 is 0 Å². The van der Waals surface area contributed by atoms with Gasteiger partial charge in [-0.3, -0.25) is 10.1 Å². The monoisotopic (exact) mass is 261 g/mol. The first-order chi connectivity index (χ1) is 9.11.